The first kappa shape index (κ1) is 8.99. The lowest BCUT2D eigenvalue weighted by molar-refractivity contribution is -0.0165. The average Bonchev–Trinajstić information content (AvgIpc) is 2.30. The molecule has 68 valence electrons. The van der Waals surface area contributed by atoms with Gasteiger partial charge in [-0.15, -0.1) is 5.10 Å². The third-order valence-electron chi connectivity index (χ3n) is 1.21. The molecule has 5 nitrogen and oxygen atoms in total. The third-order valence-corrected chi connectivity index (χ3v) is 1.21. The molecule has 0 radical (unpaired) electrons. The Hall–Kier alpha value is -1.10. The average molecular weight is 170 g/mol. The summed E-state index contributed by atoms with van der Waals surface area (Å²) >= 11 is 0. The van der Waals surface area contributed by atoms with Gasteiger partial charge in [0.25, 0.3) is 0 Å². The fraction of sp³-hybridized carbons (Fsp3) is 0.714. The first-order valence-corrected chi connectivity index (χ1v) is 3.78. The Morgan fingerprint density at radius 3 is 2.67 bits per heavy atom. The fourth-order valence-corrected chi connectivity index (χ4v) is 0.670. The number of nitrogens with zero attached hydrogens (tertiary/aromatic N) is 3. The van der Waals surface area contributed by atoms with Crippen LogP contribution < -0.4 is 5.84 Å². The van der Waals surface area contributed by atoms with Gasteiger partial charge < -0.3 is 10.6 Å². The van der Waals surface area contributed by atoms with Gasteiger partial charge in [-0.05, 0) is 26.0 Å². The molecule has 0 unspecified atom stereocenters. The third kappa shape index (κ3) is 2.87. The van der Waals surface area contributed by atoms with Crippen molar-refractivity contribution < 1.29 is 4.74 Å². The highest BCUT2D eigenvalue weighted by Gasteiger charge is 2.11. The van der Waals surface area contributed by atoms with Crippen molar-refractivity contribution in [1.82, 2.24) is 15.1 Å². The highest BCUT2D eigenvalue weighted by molar-refractivity contribution is 4.89. The van der Waals surface area contributed by atoms with Crippen molar-refractivity contribution in [3.05, 3.63) is 11.9 Å². The van der Waals surface area contributed by atoms with Gasteiger partial charge in [0, 0.05) is 0 Å². The largest absolute Gasteiger partial charge is 0.369 e. The van der Waals surface area contributed by atoms with E-state index in [-0.39, 0.29) is 5.60 Å². The second kappa shape index (κ2) is 3.10. The molecule has 0 aromatic carbocycles. The van der Waals surface area contributed by atoms with Crippen LogP contribution >= 0.6 is 0 Å². The van der Waals surface area contributed by atoms with E-state index in [2.05, 4.69) is 10.3 Å². The van der Waals surface area contributed by atoms with Crippen LogP contribution in [-0.2, 0) is 11.3 Å². The van der Waals surface area contributed by atoms with E-state index in [1.807, 2.05) is 20.8 Å². The normalized spacial score (nSPS) is 11.9. The molecule has 12 heavy (non-hydrogen) atoms. The predicted octanol–water partition coefficient (Wildman–Crippen LogP) is 0.307. The highest BCUT2D eigenvalue weighted by atomic mass is 16.5. The van der Waals surface area contributed by atoms with Gasteiger partial charge >= 0.3 is 0 Å². The molecule has 0 saturated heterocycles. The van der Waals surface area contributed by atoms with Crippen LogP contribution in [0.3, 0.4) is 0 Å². The van der Waals surface area contributed by atoms with Crippen molar-refractivity contribution in [3.63, 3.8) is 0 Å². The molecule has 0 atom stereocenters. The first-order chi connectivity index (χ1) is 5.47. The predicted molar refractivity (Wildman–Crippen MR) is 44.7 cm³/mol. The van der Waals surface area contributed by atoms with Crippen LogP contribution in [0.2, 0.25) is 0 Å². The molecule has 0 bridgehead atoms. The topological polar surface area (TPSA) is 66.0 Å². The molecule has 0 aliphatic carbocycles. The molecule has 1 rings (SSSR count). The van der Waals surface area contributed by atoms with Gasteiger partial charge in [0.2, 0.25) is 0 Å². The summed E-state index contributed by atoms with van der Waals surface area (Å²) in [6.45, 7) is 6.40. The molecular weight excluding hydrogens is 156 g/mol. The number of ether oxygens (including phenoxy) is 1. The minimum Gasteiger partial charge on any atom is -0.369 e. The van der Waals surface area contributed by atoms with Crippen LogP contribution in [0.25, 0.3) is 0 Å². The quantitative estimate of drug-likeness (QED) is 0.648. The number of aromatic nitrogens is 3. The molecule has 0 aliphatic rings. The SMILES string of the molecule is CC(C)(C)OCc1cn(N)nn1. The first-order valence-electron chi connectivity index (χ1n) is 3.78. The zero-order valence-corrected chi connectivity index (χ0v) is 7.61. The lowest BCUT2D eigenvalue weighted by Crippen LogP contribution is -2.18. The fourth-order valence-electron chi connectivity index (χ4n) is 0.670. The maximum Gasteiger partial charge on any atom is 0.111 e. The minimum absolute atomic E-state index is 0.154. The molecular formula is C7H14N4O. The van der Waals surface area contributed by atoms with Gasteiger partial charge in [-0.25, -0.2) is 0 Å². The minimum atomic E-state index is -0.154. The van der Waals surface area contributed by atoms with Crippen molar-refractivity contribution >= 4 is 0 Å². The van der Waals surface area contributed by atoms with Crippen LogP contribution in [0.15, 0.2) is 6.20 Å². The molecule has 2 N–H and O–H groups in total. The Labute approximate surface area is 71.5 Å². The van der Waals surface area contributed by atoms with Crippen LogP contribution in [0.5, 0.6) is 0 Å². The number of rotatable bonds is 2. The lowest BCUT2D eigenvalue weighted by atomic mass is 10.2. The van der Waals surface area contributed by atoms with Gasteiger partial charge in [0.15, 0.2) is 0 Å². The van der Waals surface area contributed by atoms with Crippen molar-refractivity contribution in [2.45, 2.75) is 33.0 Å². The summed E-state index contributed by atoms with van der Waals surface area (Å²) in [6, 6.07) is 0. The van der Waals surface area contributed by atoms with E-state index in [1.54, 1.807) is 6.20 Å². The summed E-state index contributed by atoms with van der Waals surface area (Å²) < 4.78 is 5.46. The van der Waals surface area contributed by atoms with Gasteiger partial charge in [-0.2, -0.15) is 4.79 Å². The molecule has 0 saturated carbocycles. The zero-order valence-electron chi connectivity index (χ0n) is 7.61. The molecule has 0 spiro atoms. The molecule has 1 heterocycles. The Bertz CT molecular complexity index is 250. The van der Waals surface area contributed by atoms with Gasteiger partial charge in [-0.3, -0.25) is 0 Å². The van der Waals surface area contributed by atoms with Crippen LogP contribution in [-0.4, -0.2) is 20.7 Å². The van der Waals surface area contributed by atoms with Gasteiger partial charge in [0.05, 0.1) is 18.4 Å². The smallest absolute Gasteiger partial charge is 0.111 e. The summed E-state index contributed by atoms with van der Waals surface area (Å²) in [5, 5.41) is 7.36. The molecule has 5 heteroatoms. The molecule has 1 aromatic rings. The highest BCUT2D eigenvalue weighted by Crippen LogP contribution is 2.09. The van der Waals surface area contributed by atoms with E-state index in [0.717, 1.165) is 5.69 Å². The standard InChI is InChI=1S/C7H14N4O/c1-7(2,3)12-5-6-4-11(8)10-9-6/h4H,5,8H2,1-3H3. The summed E-state index contributed by atoms with van der Waals surface area (Å²) in [5.74, 6) is 5.31. The van der Waals surface area contributed by atoms with Gasteiger partial charge in [0.1, 0.15) is 5.69 Å². The Kier molecular flexibility index (Phi) is 2.32. The van der Waals surface area contributed by atoms with E-state index >= 15 is 0 Å². The summed E-state index contributed by atoms with van der Waals surface area (Å²) in [4.78, 5) is 1.17. The van der Waals surface area contributed by atoms with Crippen LogP contribution in [0.4, 0.5) is 0 Å². The maximum absolute atomic E-state index is 5.46. The molecule has 0 aliphatic heterocycles. The Morgan fingerprint density at radius 1 is 1.58 bits per heavy atom. The van der Waals surface area contributed by atoms with E-state index in [9.17, 15) is 0 Å². The van der Waals surface area contributed by atoms with E-state index in [4.69, 9.17) is 10.6 Å². The lowest BCUT2D eigenvalue weighted by Gasteiger charge is -2.18. The summed E-state index contributed by atoms with van der Waals surface area (Å²) in [7, 11) is 0. The second-order valence-corrected chi connectivity index (χ2v) is 3.59. The van der Waals surface area contributed by atoms with Gasteiger partial charge in [-0.1, -0.05) is 0 Å². The number of hydrogen-bond donors (Lipinski definition) is 1. The zero-order chi connectivity index (χ0) is 9.19. The van der Waals surface area contributed by atoms with E-state index in [1.165, 1.54) is 4.79 Å². The summed E-state index contributed by atoms with van der Waals surface area (Å²) in [6.07, 6.45) is 1.63. The number of nitrogens with two attached hydrogens (primary N) is 1. The number of nitrogen functional groups attached to an aromatic ring is 1. The van der Waals surface area contributed by atoms with Crippen molar-refractivity contribution in [1.29, 1.82) is 0 Å². The Morgan fingerprint density at radius 2 is 2.25 bits per heavy atom. The number of hydrogen-bond acceptors (Lipinski definition) is 4. The van der Waals surface area contributed by atoms with Crippen molar-refractivity contribution in [3.8, 4) is 0 Å². The van der Waals surface area contributed by atoms with Crippen LogP contribution in [0.1, 0.15) is 26.5 Å². The molecule has 1 aromatic heterocycles. The Balaban J connectivity index is 2.44. The molecule has 0 fully saturated rings. The monoisotopic (exact) mass is 170 g/mol. The van der Waals surface area contributed by atoms with E-state index in [0.29, 0.717) is 6.61 Å². The second-order valence-electron chi connectivity index (χ2n) is 3.59. The summed E-state index contributed by atoms with van der Waals surface area (Å²) in [5.41, 5.74) is 0.589. The molecule has 0 amide bonds. The van der Waals surface area contributed by atoms with Crippen molar-refractivity contribution in [2.75, 3.05) is 5.84 Å². The maximum atomic E-state index is 5.46. The van der Waals surface area contributed by atoms with E-state index < -0.39 is 0 Å². The van der Waals surface area contributed by atoms with Crippen molar-refractivity contribution in [2.24, 2.45) is 0 Å². The van der Waals surface area contributed by atoms with Crippen LogP contribution in [0, 0.1) is 0 Å².